The lowest BCUT2D eigenvalue weighted by Crippen LogP contribution is -2.30. The molecular weight excluding hydrogens is 202 g/mol. The van der Waals surface area contributed by atoms with Gasteiger partial charge in [0.15, 0.2) is 0 Å². The summed E-state index contributed by atoms with van der Waals surface area (Å²) in [5, 5.41) is 0. The lowest BCUT2D eigenvalue weighted by Gasteiger charge is -2.23. The zero-order valence-electron chi connectivity index (χ0n) is 10.2. The molecule has 1 saturated heterocycles. The van der Waals surface area contributed by atoms with E-state index < -0.39 is 0 Å². The Morgan fingerprint density at radius 2 is 2.19 bits per heavy atom. The summed E-state index contributed by atoms with van der Waals surface area (Å²) in [7, 11) is 1.86. The van der Waals surface area contributed by atoms with Crippen LogP contribution in [0.5, 0.6) is 0 Å². The highest BCUT2D eigenvalue weighted by Gasteiger charge is 2.43. The van der Waals surface area contributed by atoms with Crippen LogP contribution in [0.25, 0.3) is 0 Å². The van der Waals surface area contributed by atoms with Crippen LogP contribution in [0, 0.1) is 5.92 Å². The van der Waals surface area contributed by atoms with Crippen molar-refractivity contribution in [1.29, 1.82) is 0 Å². The molecule has 3 unspecified atom stereocenters. The van der Waals surface area contributed by atoms with Crippen molar-refractivity contribution in [3.63, 3.8) is 0 Å². The molecule has 0 bridgehead atoms. The van der Waals surface area contributed by atoms with E-state index in [1.807, 2.05) is 7.05 Å². The summed E-state index contributed by atoms with van der Waals surface area (Å²) in [5.41, 5.74) is 0.622. The zero-order valence-corrected chi connectivity index (χ0v) is 10.2. The van der Waals surface area contributed by atoms with Crippen LogP contribution >= 0.6 is 0 Å². The fraction of sp³-hybridized carbons (Fsp3) is 0.769. The highest BCUT2D eigenvalue weighted by molar-refractivity contribution is 5.91. The molecule has 16 heavy (non-hydrogen) atoms. The number of likely N-dealkylation sites (N-methyl/N-ethyl adjacent to an activating group) is 1. The third kappa shape index (κ3) is 2.64. The Morgan fingerprint density at radius 1 is 1.44 bits per heavy atom. The van der Waals surface area contributed by atoms with Gasteiger partial charge in [-0.3, -0.25) is 4.79 Å². The van der Waals surface area contributed by atoms with Crippen LogP contribution in [-0.4, -0.2) is 36.6 Å². The predicted molar refractivity (Wildman–Crippen MR) is 63.1 cm³/mol. The van der Waals surface area contributed by atoms with Crippen molar-refractivity contribution in [3.05, 3.63) is 12.2 Å². The number of nitrogens with zero attached hydrogens (tertiary/aromatic N) is 1. The highest BCUT2D eigenvalue weighted by Crippen LogP contribution is 2.40. The van der Waals surface area contributed by atoms with Crippen molar-refractivity contribution >= 4 is 5.91 Å². The summed E-state index contributed by atoms with van der Waals surface area (Å²) in [6.45, 7) is 6.29. The quantitative estimate of drug-likeness (QED) is 0.539. The molecule has 90 valence electrons. The van der Waals surface area contributed by atoms with E-state index in [4.69, 9.17) is 4.74 Å². The maximum Gasteiger partial charge on any atom is 0.248 e. The molecule has 1 heterocycles. The minimum atomic E-state index is 0.0661. The van der Waals surface area contributed by atoms with Gasteiger partial charge < -0.3 is 9.64 Å². The Balaban J connectivity index is 1.70. The fourth-order valence-electron chi connectivity index (χ4n) is 2.55. The van der Waals surface area contributed by atoms with Crippen molar-refractivity contribution in [2.45, 2.75) is 44.8 Å². The van der Waals surface area contributed by atoms with Gasteiger partial charge in [0.2, 0.25) is 5.91 Å². The fourth-order valence-corrected chi connectivity index (χ4v) is 2.55. The predicted octanol–water partition coefficient (Wildman–Crippen LogP) is 1.98. The van der Waals surface area contributed by atoms with Gasteiger partial charge >= 0.3 is 0 Å². The van der Waals surface area contributed by atoms with E-state index in [0.717, 1.165) is 18.9 Å². The van der Waals surface area contributed by atoms with Gasteiger partial charge in [0.1, 0.15) is 0 Å². The van der Waals surface area contributed by atoms with Crippen LogP contribution in [0.3, 0.4) is 0 Å². The second-order valence-electron chi connectivity index (χ2n) is 5.19. The van der Waals surface area contributed by atoms with Crippen LogP contribution in [0.4, 0.5) is 0 Å². The molecule has 3 atom stereocenters. The van der Waals surface area contributed by atoms with E-state index in [9.17, 15) is 4.79 Å². The molecule has 1 aliphatic heterocycles. The molecule has 0 spiro atoms. The summed E-state index contributed by atoms with van der Waals surface area (Å²) in [5.74, 6) is 0.806. The summed E-state index contributed by atoms with van der Waals surface area (Å²) in [6, 6.07) is 0. The molecule has 1 saturated carbocycles. The first kappa shape index (κ1) is 11.6. The zero-order chi connectivity index (χ0) is 11.7. The molecule has 0 aromatic carbocycles. The van der Waals surface area contributed by atoms with Crippen molar-refractivity contribution in [3.8, 4) is 0 Å². The Bertz CT molecular complexity index is 300. The first-order valence-corrected chi connectivity index (χ1v) is 6.14. The molecule has 1 amide bonds. The number of ether oxygens (including phenoxy) is 1. The monoisotopic (exact) mass is 223 g/mol. The third-order valence-corrected chi connectivity index (χ3v) is 3.70. The van der Waals surface area contributed by atoms with Gasteiger partial charge in [0, 0.05) is 19.2 Å². The molecule has 0 N–H and O–H groups in total. The van der Waals surface area contributed by atoms with E-state index >= 15 is 0 Å². The lowest BCUT2D eigenvalue weighted by molar-refractivity contribution is -0.126. The lowest BCUT2D eigenvalue weighted by atomic mass is 9.87. The molecule has 2 rings (SSSR count). The molecular formula is C13H21NO2. The molecule has 1 aliphatic carbocycles. The van der Waals surface area contributed by atoms with Crippen LogP contribution in [0.1, 0.15) is 32.6 Å². The average Bonchev–Trinajstić information content (AvgIpc) is 3.02. The van der Waals surface area contributed by atoms with Crippen LogP contribution in [0.15, 0.2) is 12.2 Å². The molecule has 0 aromatic rings. The summed E-state index contributed by atoms with van der Waals surface area (Å²) in [6.07, 6.45) is 5.89. The second kappa shape index (κ2) is 4.58. The number of fused-ring (bicyclic) bond motifs is 1. The minimum absolute atomic E-state index is 0.0661. The Labute approximate surface area is 97.5 Å². The SMILES string of the molecule is C=C(C)C(=O)N(C)CCC1CCC2OC2C1. The van der Waals surface area contributed by atoms with E-state index in [1.165, 1.54) is 19.3 Å². The van der Waals surface area contributed by atoms with Crippen LogP contribution in [0.2, 0.25) is 0 Å². The maximum atomic E-state index is 11.6. The van der Waals surface area contributed by atoms with Gasteiger partial charge in [-0.05, 0) is 38.5 Å². The van der Waals surface area contributed by atoms with Gasteiger partial charge in [0.25, 0.3) is 0 Å². The minimum Gasteiger partial charge on any atom is -0.370 e. The number of rotatable bonds is 4. The second-order valence-corrected chi connectivity index (χ2v) is 5.19. The van der Waals surface area contributed by atoms with E-state index in [0.29, 0.717) is 17.8 Å². The Kier molecular flexibility index (Phi) is 3.33. The molecule has 3 nitrogen and oxygen atoms in total. The molecule has 0 aromatic heterocycles. The van der Waals surface area contributed by atoms with Crippen LogP contribution in [-0.2, 0) is 9.53 Å². The maximum absolute atomic E-state index is 11.6. The largest absolute Gasteiger partial charge is 0.370 e. The van der Waals surface area contributed by atoms with Crippen molar-refractivity contribution in [2.75, 3.05) is 13.6 Å². The molecule has 2 fully saturated rings. The standard InChI is InChI=1S/C13H21NO2/c1-9(2)13(15)14(3)7-6-10-4-5-11-12(8-10)16-11/h10-12H,1,4-8H2,2-3H3. The number of carbonyl (C=O) groups excluding carboxylic acids is 1. The van der Waals surface area contributed by atoms with Crippen molar-refractivity contribution in [1.82, 2.24) is 4.90 Å². The normalized spacial score (nSPS) is 31.8. The first-order valence-electron chi connectivity index (χ1n) is 6.14. The van der Waals surface area contributed by atoms with Crippen LogP contribution < -0.4 is 0 Å². The van der Waals surface area contributed by atoms with E-state index in [-0.39, 0.29) is 5.91 Å². The first-order chi connectivity index (χ1) is 7.58. The molecule has 3 heteroatoms. The van der Waals surface area contributed by atoms with Gasteiger partial charge in [0.05, 0.1) is 12.2 Å². The van der Waals surface area contributed by atoms with Crippen molar-refractivity contribution < 1.29 is 9.53 Å². The van der Waals surface area contributed by atoms with Gasteiger partial charge in [-0.25, -0.2) is 0 Å². The smallest absolute Gasteiger partial charge is 0.248 e. The Hall–Kier alpha value is -0.830. The summed E-state index contributed by atoms with van der Waals surface area (Å²) in [4.78, 5) is 13.4. The van der Waals surface area contributed by atoms with Crippen molar-refractivity contribution in [2.24, 2.45) is 5.92 Å². The molecule has 2 aliphatic rings. The topological polar surface area (TPSA) is 32.8 Å². The summed E-state index contributed by atoms with van der Waals surface area (Å²) >= 11 is 0. The van der Waals surface area contributed by atoms with Gasteiger partial charge in [-0.1, -0.05) is 6.58 Å². The number of hydrogen-bond acceptors (Lipinski definition) is 2. The van der Waals surface area contributed by atoms with Gasteiger partial charge in [-0.15, -0.1) is 0 Å². The highest BCUT2D eigenvalue weighted by atomic mass is 16.6. The average molecular weight is 223 g/mol. The number of carbonyl (C=O) groups is 1. The van der Waals surface area contributed by atoms with E-state index in [2.05, 4.69) is 6.58 Å². The number of hydrogen-bond donors (Lipinski definition) is 0. The summed E-state index contributed by atoms with van der Waals surface area (Å²) < 4.78 is 5.51. The van der Waals surface area contributed by atoms with E-state index in [1.54, 1.807) is 11.8 Å². The number of epoxide rings is 1. The Morgan fingerprint density at radius 3 is 2.81 bits per heavy atom. The van der Waals surface area contributed by atoms with Gasteiger partial charge in [-0.2, -0.15) is 0 Å². The third-order valence-electron chi connectivity index (χ3n) is 3.70. The molecule has 0 radical (unpaired) electrons. The number of amides is 1.